The number of fused-ring (bicyclic) bond motifs is 2. The Labute approximate surface area is 204 Å². The van der Waals surface area contributed by atoms with Crippen molar-refractivity contribution in [3.63, 3.8) is 0 Å². The standard InChI is InChI=1S/C24H19FN8O2S/c1-36(34,35)30-9-13-4-14(6-17(25)5-13)18-2-3-26-23-19(18)8-21(31-23)22-20-7-15(16-11-28-29-12-16)10-27-24(20)33-32-22/h2-8,10-12,30H,9H2,1H3,(H,26,31)(H,28,29)(H,27,32,33). The van der Waals surface area contributed by atoms with Gasteiger partial charge in [-0.3, -0.25) is 10.2 Å². The van der Waals surface area contributed by atoms with Gasteiger partial charge in [0.1, 0.15) is 11.5 Å². The van der Waals surface area contributed by atoms with Crippen LogP contribution in [0.15, 0.2) is 61.2 Å². The average Bonchev–Trinajstić information content (AvgIpc) is 3.60. The molecule has 0 atom stereocenters. The number of aromatic nitrogens is 7. The lowest BCUT2D eigenvalue weighted by molar-refractivity contribution is 0.586. The maximum Gasteiger partial charge on any atom is 0.209 e. The van der Waals surface area contributed by atoms with Crippen LogP contribution in [-0.2, 0) is 16.6 Å². The minimum atomic E-state index is -3.41. The third-order valence-corrected chi connectivity index (χ3v) is 6.52. The number of hydrogen-bond donors (Lipinski definition) is 4. The van der Waals surface area contributed by atoms with E-state index >= 15 is 0 Å². The van der Waals surface area contributed by atoms with Gasteiger partial charge in [-0.1, -0.05) is 0 Å². The highest BCUT2D eigenvalue weighted by molar-refractivity contribution is 7.88. The van der Waals surface area contributed by atoms with E-state index in [1.165, 1.54) is 12.1 Å². The van der Waals surface area contributed by atoms with Crippen LogP contribution in [-0.4, -0.2) is 50.0 Å². The summed E-state index contributed by atoms with van der Waals surface area (Å²) >= 11 is 0. The van der Waals surface area contributed by atoms with Gasteiger partial charge in [-0.2, -0.15) is 10.2 Å². The summed E-state index contributed by atoms with van der Waals surface area (Å²) in [5.41, 5.74) is 6.33. The quantitative estimate of drug-likeness (QED) is 0.273. The first-order valence-corrected chi connectivity index (χ1v) is 12.8. The second-order valence-corrected chi connectivity index (χ2v) is 10.3. The van der Waals surface area contributed by atoms with E-state index < -0.39 is 15.8 Å². The number of H-pyrrole nitrogens is 3. The number of nitrogens with zero attached hydrogens (tertiary/aromatic N) is 4. The molecule has 0 spiro atoms. The zero-order valence-corrected chi connectivity index (χ0v) is 19.7. The van der Waals surface area contributed by atoms with E-state index in [1.807, 2.05) is 12.1 Å². The van der Waals surface area contributed by atoms with Gasteiger partial charge in [0, 0.05) is 47.0 Å². The summed E-state index contributed by atoms with van der Waals surface area (Å²) in [7, 11) is -3.41. The van der Waals surface area contributed by atoms with Crippen molar-refractivity contribution < 1.29 is 12.8 Å². The first-order chi connectivity index (χ1) is 17.3. The average molecular weight is 503 g/mol. The summed E-state index contributed by atoms with van der Waals surface area (Å²) < 4.78 is 39.8. The molecule has 0 bridgehead atoms. The van der Waals surface area contributed by atoms with Crippen molar-refractivity contribution in [3.05, 3.63) is 72.6 Å². The van der Waals surface area contributed by atoms with E-state index in [4.69, 9.17) is 0 Å². The van der Waals surface area contributed by atoms with Crippen molar-refractivity contribution >= 4 is 32.1 Å². The molecule has 5 heterocycles. The van der Waals surface area contributed by atoms with Crippen LogP contribution in [0.1, 0.15) is 5.56 Å². The molecule has 0 saturated heterocycles. The fraction of sp³-hybridized carbons (Fsp3) is 0.0833. The van der Waals surface area contributed by atoms with E-state index in [1.54, 1.807) is 36.9 Å². The van der Waals surface area contributed by atoms with Crippen LogP contribution in [0.5, 0.6) is 0 Å². The fourth-order valence-corrected chi connectivity index (χ4v) is 4.64. The number of rotatable bonds is 6. The lowest BCUT2D eigenvalue weighted by Gasteiger charge is -2.08. The third kappa shape index (κ3) is 4.12. The Bertz CT molecular complexity index is 1840. The molecule has 0 aliphatic rings. The molecule has 10 nitrogen and oxygen atoms in total. The Morgan fingerprint density at radius 2 is 1.89 bits per heavy atom. The molecule has 5 aromatic heterocycles. The number of aromatic amines is 3. The van der Waals surface area contributed by atoms with Crippen LogP contribution < -0.4 is 4.72 Å². The number of pyridine rings is 2. The number of sulfonamides is 1. The van der Waals surface area contributed by atoms with Crippen LogP contribution >= 0.6 is 0 Å². The summed E-state index contributed by atoms with van der Waals surface area (Å²) in [5, 5.41) is 15.8. The molecule has 0 saturated carbocycles. The van der Waals surface area contributed by atoms with Crippen LogP contribution in [0, 0.1) is 5.82 Å². The van der Waals surface area contributed by atoms with Gasteiger partial charge in [-0.15, -0.1) is 0 Å². The molecular weight excluding hydrogens is 483 g/mol. The highest BCUT2D eigenvalue weighted by Crippen LogP contribution is 2.34. The number of hydrogen-bond acceptors (Lipinski definition) is 6. The maximum atomic E-state index is 14.5. The molecule has 6 aromatic rings. The number of nitrogens with one attached hydrogen (secondary N) is 4. The van der Waals surface area contributed by atoms with Crippen molar-refractivity contribution in [1.29, 1.82) is 0 Å². The lowest BCUT2D eigenvalue weighted by atomic mass is 10.0. The highest BCUT2D eigenvalue weighted by Gasteiger charge is 2.16. The summed E-state index contributed by atoms with van der Waals surface area (Å²) in [6.45, 7) is -0.0116. The van der Waals surface area contributed by atoms with Gasteiger partial charge in [-0.25, -0.2) is 27.5 Å². The van der Waals surface area contributed by atoms with Gasteiger partial charge in [0.2, 0.25) is 10.0 Å². The van der Waals surface area contributed by atoms with E-state index in [-0.39, 0.29) is 6.54 Å². The van der Waals surface area contributed by atoms with E-state index in [9.17, 15) is 12.8 Å². The van der Waals surface area contributed by atoms with Crippen molar-refractivity contribution in [2.45, 2.75) is 6.54 Å². The minimum absolute atomic E-state index is 0.0116. The second-order valence-electron chi connectivity index (χ2n) is 8.43. The Kier molecular flexibility index (Phi) is 5.12. The molecule has 6 rings (SSSR count). The van der Waals surface area contributed by atoms with E-state index in [0.717, 1.165) is 45.1 Å². The van der Waals surface area contributed by atoms with Crippen LogP contribution in [0.3, 0.4) is 0 Å². The third-order valence-electron chi connectivity index (χ3n) is 5.85. The minimum Gasteiger partial charge on any atom is -0.338 e. The summed E-state index contributed by atoms with van der Waals surface area (Å²) in [6.07, 6.45) is 7.96. The zero-order chi connectivity index (χ0) is 24.9. The van der Waals surface area contributed by atoms with Gasteiger partial charge in [-0.05, 0) is 53.1 Å². The van der Waals surface area contributed by atoms with Gasteiger partial charge < -0.3 is 4.98 Å². The normalized spacial score (nSPS) is 12.1. The first-order valence-electron chi connectivity index (χ1n) is 10.9. The molecular formula is C24H19FN8O2S. The van der Waals surface area contributed by atoms with Crippen LogP contribution in [0.2, 0.25) is 0 Å². The van der Waals surface area contributed by atoms with Gasteiger partial charge in [0.25, 0.3) is 0 Å². The summed E-state index contributed by atoms with van der Waals surface area (Å²) in [5.74, 6) is -0.462. The Hall–Kier alpha value is -4.42. The molecule has 0 fully saturated rings. The van der Waals surface area contributed by atoms with E-state index in [2.05, 4.69) is 40.1 Å². The molecule has 1 aromatic carbocycles. The molecule has 180 valence electrons. The maximum absolute atomic E-state index is 14.5. The Morgan fingerprint density at radius 1 is 1.00 bits per heavy atom. The topological polar surface area (TPSA) is 145 Å². The summed E-state index contributed by atoms with van der Waals surface area (Å²) in [4.78, 5) is 12.2. The largest absolute Gasteiger partial charge is 0.338 e. The Balaban J connectivity index is 1.44. The smallest absolute Gasteiger partial charge is 0.209 e. The van der Waals surface area contributed by atoms with Crippen molar-refractivity contribution in [2.75, 3.05) is 6.26 Å². The molecule has 0 radical (unpaired) electrons. The first kappa shape index (κ1) is 22.1. The van der Waals surface area contributed by atoms with E-state index in [0.29, 0.717) is 22.4 Å². The monoisotopic (exact) mass is 502 g/mol. The van der Waals surface area contributed by atoms with Crippen molar-refractivity contribution in [2.24, 2.45) is 0 Å². The SMILES string of the molecule is CS(=O)(=O)NCc1cc(F)cc(-c2ccnc3[nH]c(-c4[nH]nc5ncc(-c6cn[nH]c6)cc45)cc23)c1. The van der Waals surface area contributed by atoms with Crippen LogP contribution in [0.4, 0.5) is 4.39 Å². The molecule has 4 N–H and O–H groups in total. The predicted molar refractivity (Wildman–Crippen MR) is 134 cm³/mol. The van der Waals surface area contributed by atoms with Crippen molar-refractivity contribution in [1.82, 2.24) is 40.1 Å². The van der Waals surface area contributed by atoms with Crippen LogP contribution in [0.25, 0.3) is 55.7 Å². The van der Waals surface area contributed by atoms with Gasteiger partial charge in [0.05, 0.1) is 23.8 Å². The van der Waals surface area contributed by atoms with Gasteiger partial charge >= 0.3 is 0 Å². The molecule has 0 aliphatic heterocycles. The van der Waals surface area contributed by atoms with Gasteiger partial charge in [0.15, 0.2) is 5.65 Å². The predicted octanol–water partition coefficient (Wildman–Crippen LogP) is 3.75. The fourth-order valence-electron chi connectivity index (χ4n) is 4.21. The molecule has 0 unspecified atom stereocenters. The molecule has 0 aliphatic carbocycles. The molecule has 36 heavy (non-hydrogen) atoms. The summed E-state index contributed by atoms with van der Waals surface area (Å²) in [6, 6.07) is 10.2. The Morgan fingerprint density at radius 3 is 2.69 bits per heavy atom. The zero-order valence-electron chi connectivity index (χ0n) is 18.9. The van der Waals surface area contributed by atoms with Crippen molar-refractivity contribution in [3.8, 4) is 33.6 Å². The molecule has 12 heteroatoms. The lowest BCUT2D eigenvalue weighted by Crippen LogP contribution is -2.21. The molecule has 0 amide bonds. The second kappa shape index (κ2) is 8.36. The highest BCUT2D eigenvalue weighted by atomic mass is 32.2. The number of halogens is 1. The number of benzene rings is 1.